The lowest BCUT2D eigenvalue weighted by atomic mass is 10.0. The van der Waals surface area contributed by atoms with Gasteiger partial charge in [0.05, 0.1) is 19.3 Å². The number of aliphatic hydroxyl groups excluding tert-OH is 3. The van der Waals surface area contributed by atoms with Crippen LogP contribution in [0.3, 0.4) is 0 Å². The van der Waals surface area contributed by atoms with Crippen molar-refractivity contribution in [2.45, 2.75) is 31.0 Å². The van der Waals surface area contributed by atoms with Gasteiger partial charge in [0.2, 0.25) is 0 Å². The molecule has 0 spiro atoms. The summed E-state index contributed by atoms with van der Waals surface area (Å²) in [5.41, 5.74) is 0.868. The minimum Gasteiger partial charge on any atom is -0.394 e. The van der Waals surface area contributed by atoms with Gasteiger partial charge in [-0.15, -0.1) is 0 Å². The van der Waals surface area contributed by atoms with E-state index in [2.05, 4.69) is 0 Å². The zero-order chi connectivity index (χ0) is 13.0. The third kappa shape index (κ3) is 3.07. The van der Waals surface area contributed by atoms with E-state index in [9.17, 15) is 10.2 Å². The molecule has 100 valence electrons. The highest BCUT2D eigenvalue weighted by molar-refractivity contribution is 5.16. The molecule has 1 fully saturated rings. The first kappa shape index (κ1) is 13.5. The number of rotatable bonds is 4. The van der Waals surface area contributed by atoms with Gasteiger partial charge in [-0.25, -0.2) is 0 Å². The zero-order valence-electron chi connectivity index (χ0n) is 9.98. The van der Waals surface area contributed by atoms with Crippen LogP contribution in [0, 0.1) is 0 Å². The average molecular weight is 254 g/mol. The third-order valence-electron chi connectivity index (χ3n) is 3.00. The maximum Gasteiger partial charge on any atom is 0.184 e. The summed E-state index contributed by atoms with van der Waals surface area (Å²) in [5, 5.41) is 28.1. The number of hydrogen-bond acceptors (Lipinski definition) is 5. The molecule has 0 aliphatic carbocycles. The molecular weight excluding hydrogens is 236 g/mol. The minimum atomic E-state index is -1.19. The smallest absolute Gasteiger partial charge is 0.184 e. The van der Waals surface area contributed by atoms with Crippen LogP contribution < -0.4 is 0 Å². The van der Waals surface area contributed by atoms with E-state index in [1.807, 2.05) is 30.3 Å². The van der Waals surface area contributed by atoms with E-state index in [1.165, 1.54) is 0 Å². The standard InChI is InChI=1S/C13H18O5/c14-8-10(15)12(16)11-6-7-17-13(18-11)9-4-2-1-3-5-9/h1-5,10-16H,6-8H2/t10-,11+,12+,13+/m0/s1. The largest absolute Gasteiger partial charge is 0.394 e. The average Bonchev–Trinajstić information content (AvgIpc) is 2.46. The van der Waals surface area contributed by atoms with Crippen LogP contribution in [0.15, 0.2) is 30.3 Å². The number of ether oxygens (including phenoxy) is 2. The summed E-state index contributed by atoms with van der Waals surface area (Å²) in [7, 11) is 0. The molecule has 0 saturated carbocycles. The molecule has 0 aromatic heterocycles. The summed E-state index contributed by atoms with van der Waals surface area (Å²) >= 11 is 0. The van der Waals surface area contributed by atoms with Gasteiger partial charge in [0.15, 0.2) is 6.29 Å². The fourth-order valence-corrected chi connectivity index (χ4v) is 1.95. The third-order valence-corrected chi connectivity index (χ3v) is 3.00. The summed E-state index contributed by atoms with van der Waals surface area (Å²) in [4.78, 5) is 0. The van der Waals surface area contributed by atoms with Crippen LogP contribution in [0.4, 0.5) is 0 Å². The number of aliphatic hydroxyl groups is 3. The quantitative estimate of drug-likeness (QED) is 0.715. The molecule has 18 heavy (non-hydrogen) atoms. The van der Waals surface area contributed by atoms with Crippen LogP contribution in [-0.2, 0) is 9.47 Å². The van der Waals surface area contributed by atoms with Crippen molar-refractivity contribution in [3.05, 3.63) is 35.9 Å². The predicted molar refractivity (Wildman–Crippen MR) is 63.7 cm³/mol. The number of hydrogen-bond donors (Lipinski definition) is 3. The fourth-order valence-electron chi connectivity index (χ4n) is 1.95. The molecule has 0 bridgehead atoms. The van der Waals surface area contributed by atoms with E-state index >= 15 is 0 Å². The van der Waals surface area contributed by atoms with Gasteiger partial charge in [0, 0.05) is 5.56 Å². The zero-order valence-corrected chi connectivity index (χ0v) is 9.98. The first-order chi connectivity index (χ1) is 8.72. The van der Waals surface area contributed by atoms with Crippen LogP contribution in [0.5, 0.6) is 0 Å². The van der Waals surface area contributed by atoms with Crippen molar-refractivity contribution in [1.82, 2.24) is 0 Å². The highest BCUT2D eigenvalue weighted by Gasteiger charge is 2.32. The summed E-state index contributed by atoms with van der Waals surface area (Å²) in [6.07, 6.45) is -2.88. The highest BCUT2D eigenvalue weighted by atomic mass is 16.7. The Bertz CT molecular complexity index is 356. The Kier molecular flexibility index (Phi) is 4.68. The van der Waals surface area contributed by atoms with Crippen LogP contribution in [0.1, 0.15) is 18.3 Å². The van der Waals surface area contributed by atoms with Crippen LogP contribution in [0.2, 0.25) is 0 Å². The molecule has 0 radical (unpaired) electrons. The second kappa shape index (κ2) is 6.26. The lowest BCUT2D eigenvalue weighted by Gasteiger charge is -2.34. The van der Waals surface area contributed by atoms with E-state index in [4.69, 9.17) is 14.6 Å². The van der Waals surface area contributed by atoms with Gasteiger partial charge in [-0.3, -0.25) is 0 Å². The van der Waals surface area contributed by atoms with Crippen LogP contribution in [0.25, 0.3) is 0 Å². The molecule has 4 atom stereocenters. The van der Waals surface area contributed by atoms with Crippen molar-refractivity contribution in [1.29, 1.82) is 0 Å². The van der Waals surface area contributed by atoms with Crippen molar-refractivity contribution < 1.29 is 24.8 Å². The second-order valence-electron chi connectivity index (χ2n) is 4.32. The Morgan fingerprint density at radius 2 is 1.94 bits per heavy atom. The minimum absolute atomic E-state index is 0.444. The van der Waals surface area contributed by atoms with Gasteiger partial charge < -0.3 is 24.8 Å². The molecular formula is C13H18O5. The fraction of sp³-hybridized carbons (Fsp3) is 0.538. The molecule has 1 heterocycles. The van der Waals surface area contributed by atoms with Gasteiger partial charge in [0.1, 0.15) is 12.2 Å². The number of benzene rings is 1. The van der Waals surface area contributed by atoms with Gasteiger partial charge in [-0.1, -0.05) is 30.3 Å². The molecule has 1 aromatic rings. The summed E-state index contributed by atoms with van der Waals surface area (Å²) in [5.74, 6) is 0. The molecule has 1 aromatic carbocycles. The Labute approximate surface area is 106 Å². The Morgan fingerprint density at radius 1 is 1.22 bits per heavy atom. The Hall–Kier alpha value is -0.980. The lowest BCUT2D eigenvalue weighted by Crippen LogP contribution is -2.44. The van der Waals surface area contributed by atoms with E-state index in [1.54, 1.807) is 0 Å². The molecule has 0 unspecified atom stereocenters. The van der Waals surface area contributed by atoms with E-state index in [-0.39, 0.29) is 0 Å². The predicted octanol–water partition coefficient (Wildman–Crippen LogP) is 0.205. The van der Waals surface area contributed by atoms with Crippen molar-refractivity contribution in [2.24, 2.45) is 0 Å². The summed E-state index contributed by atoms with van der Waals surface area (Å²) < 4.78 is 11.1. The van der Waals surface area contributed by atoms with E-state index in [0.717, 1.165) is 5.56 Å². The maximum atomic E-state index is 9.82. The molecule has 3 N–H and O–H groups in total. The lowest BCUT2D eigenvalue weighted by molar-refractivity contribution is -0.248. The van der Waals surface area contributed by atoms with Crippen LogP contribution >= 0.6 is 0 Å². The van der Waals surface area contributed by atoms with Gasteiger partial charge in [0.25, 0.3) is 0 Å². The first-order valence-corrected chi connectivity index (χ1v) is 6.01. The maximum absolute atomic E-state index is 9.82. The first-order valence-electron chi connectivity index (χ1n) is 6.01. The molecule has 2 rings (SSSR count). The Morgan fingerprint density at radius 3 is 2.61 bits per heavy atom. The van der Waals surface area contributed by atoms with Crippen molar-refractivity contribution in [3.8, 4) is 0 Å². The van der Waals surface area contributed by atoms with Gasteiger partial charge in [-0.2, -0.15) is 0 Å². The van der Waals surface area contributed by atoms with Gasteiger partial charge in [-0.05, 0) is 6.42 Å². The van der Waals surface area contributed by atoms with E-state index in [0.29, 0.717) is 13.0 Å². The SMILES string of the molecule is OC[C@H](O)[C@@H](O)[C@H]1CCO[C@@H](c2ccccc2)O1. The monoisotopic (exact) mass is 254 g/mol. The highest BCUT2D eigenvalue weighted by Crippen LogP contribution is 2.28. The second-order valence-corrected chi connectivity index (χ2v) is 4.32. The molecule has 5 nitrogen and oxygen atoms in total. The van der Waals surface area contributed by atoms with Crippen molar-refractivity contribution >= 4 is 0 Å². The molecule has 5 heteroatoms. The molecule has 0 amide bonds. The molecule has 1 aliphatic heterocycles. The molecule has 1 aliphatic rings. The summed E-state index contributed by atoms with van der Waals surface area (Å²) in [6.45, 7) is -0.0443. The Balaban J connectivity index is 2.01. The van der Waals surface area contributed by atoms with Gasteiger partial charge >= 0.3 is 0 Å². The summed E-state index contributed by atoms with van der Waals surface area (Å²) in [6, 6.07) is 9.41. The normalized spacial score (nSPS) is 27.7. The van der Waals surface area contributed by atoms with E-state index < -0.39 is 31.2 Å². The topological polar surface area (TPSA) is 79.2 Å². The molecule has 1 saturated heterocycles. The van der Waals surface area contributed by atoms with Crippen molar-refractivity contribution in [3.63, 3.8) is 0 Å². The van der Waals surface area contributed by atoms with Crippen molar-refractivity contribution in [2.75, 3.05) is 13.2 Å². The van der Waals surface area contributed by atoms with Crippen LogP contribution in [-0.4, -0.2) is 46.8 Å².